The third kappa shape index (κ3) is 45.5. The van der Waals surface area contributed by atoms with Gasteiger partial charge in [0, 0.05) is 19.3 Å². The van der Waals surface area contributed by atoms with Crippen LogP contribution in [0, 0.1) is 5.92 Å². The number of esters is 3. The van der Waals surface area contributed by atoms with Crippen LogP contribution >= 0.6 is 0 Å². The van der Waals surface area contributed by atoms with Gasteiger partial charge in [0.15, 0.2) is 6.10 Å². The minimum atomic E-state index is -0.759. The highest BCUT2D eigenvalue weighted by molar-refractivity contribution is 5.71. The zero-order chi connectivity index (χ0) is 42.4. The SMILES string of the molecule is CCCCCCCCCCCCCCCCCCCCC(=O)O[C@@H](COC(=O)CCCCCCCCC)COC(=O)CCCCCCCCCCCCCCC(C)C. The van der Waals surface area contributed by atoms with E-state index in [9.17, 15) is 14.4 Å². The average Bonchev–Trinajstić information content (AvgIpc) is 3.21. The maximum absolute atomic E-state index is 12.8. The second kappa shape index (κ2) is 46.5. The number of carbonyl (C=O) groups excluding carboxylic acids is 3. The summed E-state index contributed by atoms with van der Waals surface area (Å²) in [6, 6.07) is 0. The van der Waals surface area contributed by atoms with Crippen molar-refractivity contribution in [1.82, 2.24) is 0 Å². The van der Waals surface area contributed by atoms with Gasteiger partial charge in [-0.1, -0.05) is 252 Å². The van der Waals surface area contributed by atoms with Crippen LogP contribution in [-0.4, -0.2) is 37.2 Å². The lowest BCUT2D eigenvalue weighted by Gasteiger charge is -2.18. The van der Waals surface area contributed by atoms with E-state index in [1.165, 1.54) is 186 Å². The van der Waals surface area contributed by atoms with Crippen molar-refractivity contribution >= 4 is 17.9 Å². The zero-order valence-corrected chi connectivity index (χ0v) is 39.5. The second-order valence-electron chi connectivity index (χ2n) is 18.3. The predicted octanol–water partition coefficient (Wildman–Crippen LogP) is 16.7. The first-order valence-electron chi connectivity index (χ1n) is 25.9. The van der Waals surface area contributed by atoms with Gasteiger partial charge in [-0.3, -0.25) is 14.4 Å². The molecule has 0 saturated carbocycles. The van der Waals surface area contributed by atoms with E-state index < -0.39 is 6.10 Å². The van der Waals surface area contributed by atoms with E-state index in [1.807, 2.05) is 0 Å². The Labute approximate surface area is 361 Å². The number of ether oxygens (including phenoxy) is 3. The largest absolute Gasteiger partial charge is 0.462 e. The fourth-order valence-corrected chi connectivity index (χ4v) is 7.86. The number of hydrogen-bond acceptors (Lipinski definition) is 6. The Bertz CT molecular complexity index is 872. The van der Waals surface area contributed by atoms with Crippen LogP contribution in [0.1, 0.15) is 291 Å². The lowest BCUT2D eigenvalue weighted by atomic mass is 10.0. The van der Waals surface area contributed by atoms with Crippen LogP contribution in [0.5, 0.6) is 0 Å². The van der Waals surface area contributed by atoms with Crippen LogP contribution in [0.3, 0.4) is 0 Å². The average molecular weight is 821 g/mol. The van der Waals surface area contributed by atoms with Crippen LogP contribution in [0.15, 0.2) is 0 Å². The third-order valence-corrected chi connectivity index (χ3v) is 11.8. The molecular formula is C52H100O6. The van der Waals surface area contributed by atoms with E-state index >= 15 is 0 Å². The Morgan fingerprint density at radius 2 is 0.569 bits per heavy atom. The summed E-state index contributed by atoms with van der Waals surface area (Å²) in [5, 5.41) is 0. The highest BCUT2D eigenvalue weighted by Crippen LogP contribution is 2.17. The molecule has 0 bridgehead atoms. The Morgan fingerprint density at radius 3 is 0.845 bits per heavy atom. The number of unbranched alkanes of at least 4 members (excludes halogenated alkanes) is 34. The zero-order valence-electron chi connectivity index (χ0n) is 39.5. The molecule has 0 N–H and O–H groups in total. The highest BCUT2D eigenvalue weighted by Gasteiger charge is 2.19. The molecule has 0 aromatic rings. The van der Waals surface area contributed by atoms with Gasteiger partial charge in [0.2, 0.25) is 0 Å². The van der Waals surface area contributed by atoms with E-state index in [-0.39, 0.29) is 31.1 Å². The fourth-order valence-electron chi connectivity index (χ4n) is 7.86. The summed E-state index contributed by atoms with van der Waals surface area (Å²) >= 11 is 0. The van der Waals surface area contributed by atoms with Gasteiger partial charge in [0.05, 0.1) is 0 Å². The Balaban J connectivity index is 4.19. The molecule has 0 aliphatic heterocycles. The quantitative estimate of drug-likeness (QED) is 0.0346. The molecule has 0 aromatic heterocycles. The summed E-state index contributed by atoms with van der Waals surface area (Å²) in [6.07, 6.45) is 48.2. The molecular weight excluding hydrogens is 721 g/mol. The topological polar surface area (TPSA) is 78.9 Å². The maximum Gasteiger partial charge on any atom is 0.306 e. The molecule has 0 fully saturated rings. The summed E-state index contributed by atoms with van der Waals surface area (Å²) < 4.78 is 16.7. The van der Waals surface area contributed by atoms with Gasteiger partial charge < -0.3 is 14.2 Å². The van der Waals surface area contributed by atoms with E-state index in [4.69, 9.17) is 14.2 Å². The van der Waals surface area contributed by atoms with Crippen molar-refractivity contribution in [1.29, 1.82) is 0 Å². The summed E-state index contributed by atoms with van der Waals surface area (Å²) in [4.78, 5) is 37.8. The molecule has 344 valence electrons. The Morgan fingerprint density at radius 1 is 0.328 bits per heavy atom. The van der Waals surface area contributed by atoms with Crippen LogP contribution < -0.4 is 0 Å². The molecule has 0 aliphatic carbocycles. The van der Waals surface area contributed by atoms with Crippen molar-refractivity contribution < 1.29 is 28.6 Å². The van der Waals surface area contributed by atoms with E-state index in [0.29, 0.717) is 19.3 Å². The molecule has 0 aliphatic rings. The molecule has 6 heteroatoms. The highest BCUT2D eigenvalue weighted by atomic mass is 16.6. The van der Waals surface area contributed by atoms with E-state index in [0.717, 1.165) is 63.7 Å². The third-order valence-electron chi connectivity index (χ3n) is 11.8. The van der Waals surface area contributed by atoms with Gasteiger partial charge >= 0.3 is 17.9 Å². The van der Waals surface area contributed by atoms with E-state index in [1.54, 1.807) is 0 Å². The molecule has 1 atom stereocenters. The number of carbonyl (C=O) groups is 3. The molecule has 0 amide bonds. The van der Waals surface area contributed by atoms with Gasteiger partial charge in [-0.05, 0) is 25.2 Å². The predicted molar refractivity (Wildman–Crippen MR) is 247 cm³/mol. The molecule has 0 unspecified atom stereocenters. The van der Waals surface area contributed by atoms with E-state index in [2.05, 4.69) is 27.7 Å². The van der Waals surface area contributed by atoms with Gasteiger partial charge in [-0.2, -0.15) is 0 Å². The molecule has 0 radical (unpaired) electrons. The van der Waals surface area contributed by atoms with Crippen LogP contribution in [0.2, 0.25) is 0 Å². The van der Waals surface area contributed by atoms with Crippen molar-refractivity contribution in [3.05, 3.63) is 0 Å². The second-order valence-corrected chi connectivity index (χ2v) is 18.3. The smallest absolute Gasteiger partial charge is 0.306 e. The first-order chi connectivity index (χ1) is 28.4. The van der Waals surface area contributed by atoms with Crippen LogP contribution in [-0.2, 0) is 28.6 Å². The molecule has 0 heterocycles. The molecule has 6 nitrogen and oxygen atoms in total. The lowest BCUT2D eigenvalue weighted by Crippen LogP contribution is -2.30. The first-order valence-corrected chi connectivity index (χ1v) is 25.9. The van der Waals surface area contributed by atoms with Gasteiger partial charge in [0.1, 0.15) is 13.2 Å². The number of rotatable bonds is 47. The summed E-state index contributed by atoms with van der Waals surface area (Å²) in [6.45, 7) is 8.99. The van der Waals surface area contributed by atoms with Crippen molar-refractivity contribution in [2.75, 3.05) is 13.2 Å². The van der Waals surface area contributed by atoms with Crippen molar-refractivity contribution in [3.63, 3.8) is 0 Å². The Hall–Kier alpha value is -1.59. The maximum atomic E-state index is 12.8. The van der Waals surface area contributed by atoms with Crippen molar-refractivity contribution in [2.24, 2.45) is 5.92 Å². The van der Waals surface area contributed by atoms with Gasteiger partial charge in [-0.25, -0.2) is 0 Å². The Kier molecular flexibility index (Phi) is 45.2. The van der Waals surface area contributed by atoms with Gasteiger partial charge in [0.25, 0.3) is 0 Å². The molecule has 0 rings (SSSR count). The normalized spacial score (nSPS) is 11.9. The summed E-state index contributed by atoms with van der Waals surface area (Å²) in [5.74, 6) is -0.0177. The molecule has 0 aromatic carbocycles. The minimum Gasteiger partial charge on any atom is -0.462 e. The lowest BCUT2D eigenvalue weighted by molar-refractivity contribution is -0.167. The molecule has 0 spiro atoms. The van der Waals surface area contributed by atoms with Gasteiger partial charge in [-0.15, -0.1) is 0 Å². The van der Waals surface area contributed by atoms with Crippen LogP contribution in [0.4, 0.5) is 0 Å². The fraction of sp³-hybridized carbons (Fsp3) is 0.942. The van der Waals surface area contributed by atoms with Crippen LogP contribution in [0.25, 0.3) is 0 Å². The number of hydrogen-bond donors (Lipinski definition) is 0. The summed E-state index contributed by atoms with van der Waals surface area (Å²) in [7, 11) is 0. The van der Waals surface area contributed by atoms with Crippen molar-refractivity contribution in [3.8, 4) is 0 Å². The monoisotopic (exact) mass is 821 g/mol. The van der Waals surface area contributed by atoms with Crippen molar-refractivity contribution in [2.45, 2.75) is 297 Å². The minimum absolute atomic E-state index is 0.0634. The molecule has 58 heavy (non-hydrogen) atoms. The standard InChI is InChI=1S/C52H100O6/c1-5-7-9-11-13-14-15-16-17-18-19-20-21-26-29-33-37-41-45-52(55)58-49(46-56-50(53)43-39-35-30-12-10-8-6-2)47-57-51(54)44-40-36-32-28-25-23-22-24-27-31-34-38-42-48(3)4/h48-49H,5-47H2,1-4H3/t49-/m0/s1. The summed E-state index contributed by atoms with van der Waals surface area (Å²) in [5.41, 5.74) is 0. The first kappa shape index (κ1) is 56.4. The molecule has 0 saturated heterocycles.